The van der Waals surface area contributed by atoms with Gasteiger partial charge in [0.15, 0.2) is 5.78 Å². The summed E-state index contributed by atoms with van der Waals surface area (Å²) in [5.41, 5.74) is 0.618. The maximum Gasteiger partial charge on any atom is 0.178 e. The Hall–Kier alpha value is -0.740. The summed E-state index contributed by atoms with van der Waals surface area (Å²) in [7, 11) is 0. The number of hydrogen-bond donors (Lipinski definition) is 1. The van der Waals surface area contributed by atoms with Crippen LogP contribution < -0.4 is 5.32 Å². The molecule has 2 rings (SSSR count). The third kappa shape index (κ3) is 1.78. The number of thiazole rings is 1. The standard InChI is InChI=1S/C9H12N2OS/c1-6(12)8-5-13-9(11-8)7-2-3-10-4-7/h5,7,10H,2-4H2,1H3. The van der Waals surface area contributed by atoms with Crippen LogP contribution in [0.4, 0.5) is 0 Å². The van der Waals surface area contributed by atoms with Crippen LogP contribution in [0.25, 0.3) is 0 Å². The number of aromatic nitrogens is 1. The summed E-state index contributed by atoms with van der Waals surface area (Å²) < 4.78 is 0. The highest BCUT2D eigenvalue weighted by molar-refractivity contribution is 7.09. The summed E-state index contributed by atoms with van der Waals surface area (Å²) in [6, 6.07) is 0. The van der Waals surface area contributed by atoms with E-state index in [1.807, 2.05) is 5.38 Å². The highest BCUT2D eigenvalue weighted by Crippen LogP contribution is 2.25. The first-order valence-electron chi connectivity index (χ1n) is 4.44. The number of carbonyl (C=O) groups excluding carboxylic acids is 1. The Morgan fingerprint density at radius 1 is 1.77 bits per heavy atom. The monoisotopic (exact) mass is 196 g/mol. The van der Waals surface area contributed by atoms with Crippen LogP contribution in [0.3, 0.4) is 0 Å². The van der Waals surface area contributed by atoms with Crippen molar-refractivity contribution >= 4 is 17.1 Å². The summed E-state index contributed by atoms with van der Waals surface area (Å²) in [5.74, 6) is 0.589. The minimum atomic E-state index is 0.0634. The highest BCUT2D eigenvalue weighted by atomic mass is 32.1. The van der Waals surface area contributed by atoms with Crippen molar-refractivity contribution in [1.82, 2.24) is 10.3 Å². The zero-order valence-corrected chi connectivity index (χ0v) is 8.36. The number of carbonyl (C=O) groups is 1. The summed E-state index contributed by atoms with van der Waals surface area (Å²) in [6.45, 7) is 3.64. The van der Waals surface area contributed by atoms with Crippen LogP contribution >= 0.6 is 11.3 Å². The number of hydrogen-bond acceptors (Lipinski definition) is 4. The van der Waals surface area contributed by atoms with Crippen LogP contribution in [0, 0.1) is 0 Å². The molecule has 1 unspecified atom stereocenters. The Bertz CT molecular complexity index is 315. The predicted octanol–water partition coefficient (Wildman–Crippen LogP) is 1.42. The van der Waals surface area contributed by atoms with E-state index in [9.17, 15) is 4.79 Å². The van der Waals surface area contributed by atoms with Gasteiger partial charge in [0.05, 0.1) is 5.01 Å². The van der Waals surface area contributed by atoms with Crippen LogP contribution in [0.15, 0.2) is 5.38 Å². The van der Waals surface area contributed by atoms with E-state index in [1.165, 1.54) is 0 Å². The highest BCUT2D eigenvalue weighted by Gasteiger charge is 2.20. The van der Waals surface area contributed by atoms with Gasteiger partial charge in [0.2, 0.25) is 0 Å². The van der Waals surface area contributed by atoms with E-state index in [0.29, 0.717) is 11.6 Å². The molecule has 0 aromatic carbocycles. The van der Waals surface area contributed by atoms with Gasteiger partial charge in [-0.1, -0.05) is 0 Å². The van der Waals surface area contributed by atoms with E-state index in [4.69, 9.17) is 0 Å². The van der Waals surface area contributed by atoms with Gasteiger partial charge in [-0.05, 0) is 13.0 Å². The molecule has 0 radical (unpaired) electrons. The van der Waals surface area contributed by atoms with Gasteiger partial charge in [-0.2, -0.15) is 0 Å². The summed E-state index contributed by atoms with van der Waals surface area (Å²) in [4.78, 5) is 15.3. The van der Waals surface area contributed by atoms with E-state index in [0.717, 1.165) is 24.5 Å². The third-order valence-electron chi connectivity index (χ3n) is 2.29. The first kappa shape index (κ1) is 8.84. The molecule has 4 heteroatoms. The van der Waals surface area contributed by atoms with E-state index in [2.05, 4.69) is 10.3 Å². The van der Waals surface area contributed by atoms with Gasteiger partial charge in [-0.3, -0.25) is 4.79 Å². The van der Waals surface area contributed by atoms with Crippen molar-refractivity contribution in [3.8, 4) is 0 Å². The Morgan fingerprint density at radius 3 is 3.15 bits per heavy atom. The van der Waals surface area contributed by atoms with Crippen LogP contribution in [0.2, 0.25) is 0 Å². The molecule has 3 nitrogen and oxygen atoms in total. The molecule has 0 bridgehead atoms. The number of rotatable bonds is 2. The average molecular weight is 196 g/mol. The van der Waals surface area contributed by atoms with Crippen molar-refractivity contribution < 1.29 is 4.79 Å². The first-order chi connectivity index (χ1) is 6.27. The van der Waals surface area contributed by atoms with Gasteiger partial charge in [0.25, 0.3) is 0 Å². The van der Waals surface area contributed by atoms with Crippen molar-refractivity contribution in [3.63, 3.8) is 0 Å². The van der Waals surface area contributed by atoms with Gasteiger partial charge in [0, 0.05) is 24.8 Å². The Labute approximate surface area is 81.2 Å². The largest absolute Gasteiger partial charge is 0.316 e. The van der Waals surface area contributed by atoms with Crippen molar-refractivity contribution in [2.24, 2.45) is 0 Å². The van der Waals surface area contributed by atoms with Crippen LogP contribution in [-0.2, 0) is 0 Å². The van der Waals surface area contributed by atoms with Gasteiger partial charge in [0.1, 0.15) is 5.69 Å². The number of Topliss-reactive ketones (excluding diaryl/α,β-unsaturated/α-hetero) is 1. The van der Waals surface area contributed by atoms with Crippen molar-refractivity contribution in [2.75, 3.05) is 13.1 Å². The lowest BCUT2D eigenvalue weighted by molar-refractivity contribution is 0.101. The minimum absolute atomic E-state index is 0.0634. The van der Waals surface area contributed by atoms with Gasteiger partial charge in [-0.25, -0.2) is 4.98 Å². The Balaban J connectivity index is 2.16. The second-order valence-electron chi connectivity index (χ2n) is 3.32. The molecule has 0 spiro atoms. The molecule has 1 aromatic rings. The minimum Gasteiger partial charge on any atom is -0.316 e. The lowest BCUT2D eigenvalue weighted by atomic mass is 10.1. The van der Waals surface area contributed by atoms with Gasteiger partial charge >= 0.3 is 0 Å². The van der Waals surface area contributed by atoms with Crippen LogP contribution in [0.1, 0.15) is 34.8 Å². The SMILES string of the molecule is CC(=O)c1csc(C2CCNC2)n1. The maximum absolute atomic E-state index is 11.0. The molecule has 2 heterocycles. The first-order valence-corrected chi connectivity index (χ1v) is 5.32. The molecule has 0 saturated carbocycles. The van der Waals surface area contributed by atoms with Gasteiger partial charge in [-0.15, -0.1) is 11.3 Å². The van der Waals surface area contributed by atoms with Crippen molar-refractivity contribution in [2.45, 2.75) is 19.3 Å². The van der Waals surface area contributed by atoms with Crippen molar-refractivity contribution in [1.29, 1.82) is 0 Å². The molecule has 0 amide bonds. The molecule has 1 N–H and O–H groups in total. The Kier molecular flexibility index (Phi) is 2.42. The smallest absolute Gasteiger partial charge is 0.178 e. The zero-order chi connectivity index (χ0) is 9.26. The van der Waals surface area contributed by atoms with E-state index >= 15 is 0 Å². The Morgan fingerprint density at radius 2 is 2.62 bits per heavy atom. The third-order valence-corrected chi connectivity index (χ3v) is 3.30. The molecule has 1 aliphatic rings. The lowest BCUT2D eigenvalue weighted by Gasteiger charge is -2.01. The molecule has 1 aliphatic heterocycles. The average Bonchev–Trinajstić information content (AvgIpc) is 2.75. The van der Waals surface area contributed by atoms with Gasteiger partial charge < -0.3 is 5.32 Å². The molecule has 1 atom stereocenters. The molecule has 1 saturated heterocycles. The maximum atomic E-state index is 11.0. The molecule has 13 heavy (non-hydrogen) atoms. The van der Waals surface area contributed by atoms with Crippen molar-refractivity contribution in [3.05, 3.63) is 16.1 Å². The molecular weight excluding hydrogens is 184 g/mol. The predicted molar refractivity (Wildman–Crippen MR) is 52.3 cm³/mol. The molecule has 1 aromatic heterocycles. The zero-order valence-electron chi connectivity index (χ0n) is 7.54. The molecule has 0 aliphatic carbocycles. The number of nitrogens with one attached hydrogen (secondary N) is 1. The molecule has 1 fully saturated rings. The quantitative estimate of drug-likeness (QED) is 0.727. The second kappa shape index (κ2) is 3.55. The molecule has 70 valence electrons. The number of nitrogens with zero attached hydrogens (tertiary/aromatic N) is 1. The summed E-state index contributed by atoms with van der Waals surface area (Å²) in [5, 5.41) is 6.25. The fraction of sp³-hybridized carbons (Fsp3) is 0.556. The normalized spacial score (nSPS) is 22.1. The fourth-order valence-corrected chi connectivity index (χ4v) is 2.50. The topological polar surface area (TPSA) is 42.0 Å². The molecular formula is C9H12N2OS. The lowest BCUT2D eigenvalue weighted by Crippen LogP contribution is -2.08. The van der Waals surface area contributed by atoms with E-state index < -0.39 is 0 Å². The summed E-state index contributed by atoms with van der Waals surface area (Å²) in [6.07, 6.45) is 1.14. The number of ketones is 1. The second-order valence-corrected chi connectivity index (χ2v) is 4.21. The fourth-order valence-electron chi connectivity index (χ4n) is 1.50. The van der Waals surface area contributed by atoms with E-state index in [1.54, 1.807) is 18.3 Å². The van der Waals surface area contributed by atoms with E-state index in [-0.39, 0.29) is 5.78 Å². The van der Waals surface area contributed by atoms with Crippen LogP contribution in [-0.4, -0.2) is 23.9 Å². The van der Waals surface area contributed by atoms with Crippen LogP contribution in [0.5, 0.6) is 0 Å². The summed E-state index contributed by atoms with van der Waals surface area (Å²) >= 11 is 1.60.